The number of para-hydroxylation sites is 1. The SMILES string of the molecule is CN(Cc1cn(-c2ccccc2)nc1-c1ccc(Cl)cc1)C(=O)C1NNC2CCCCC21. The highest BCUT2D eigenvalue weighted by atomic mass is 35.5. The molecule has 2 fully saturated rings. The number of hydrazine groups is 1. The first-order chi connectivity index (χ1) is 15.6. The van der Waals surface area contributed by atoms with Crippen molar-refractivity contribution in [3.8, 4) is 16.9 Å². The largest absolute Gasteiger partial charge is 0.340 e. The molecule has 166 valence electrons. The van der Waals surface area contributed by atoms with Crippen molar-refractivity contribution in [2.45, 2.75) is 44.3 Å². The van der Waals surface area contributed by atoms with Gasteiger partial charge in [-0.3, -0.25) is 10.2 Å². The third-order valence-electron chi connectivity index (χ3n) is 6.65. The summed E-state index contributed by atoms with van der Waals surface area (Å²) in [4.78, 5) is 15.2. The Hall–Kier alpha value is -2.67. The number of likely N-dealkylation sites (N-methyl/N-ethyl adjacent to an activating group) is 1. The Labute approximate surface area is 193 Å². The maximum Gasteiger partial charge on any atom is 0.241 e. The van der Waals surface area contributed by atoms with Crippen LogP contribution in [0.25, 0.3) is 16.9 Å². The predicted octanol–water partition coefficient (Wildman–Crippen LogP) is 4.19. The second-order valence-corrected chi connectivity index (χ2v) is 9.24. The zero-order valence-electron chi connectivity index (χ0n) is 18.2. The number of benzene rings is 2. The normalized spacial score (nSPS) is 22.5. The molecule has 3 unspecified atom stereocenters. The van der Waals surface area contributed by atoms with Gasteiger partial charge in [-0.25, -0.2) is 10.1 Å². The van der Waals surface area contributed by atoms with E-state index in [-0.39, 0.29) is 11.9 Å². The van der Waals surface area contributed by atoms with Crippen LogP contribution < -0.4 is 10.9 Å². The summed E-state index contributed by atoms with van der Waals surface area (Å²) in [6.45, 7) is 0.485. The summed E-state index contributed by atoms with van der Waals surface area (Å²) in [6.07, 6.45) is 6.68. The summed E-state index contributed by atoms with van der Waals surface area (Å²) in [5.74, 6) is 0.489. The molecule has 7 heteroatoms. The summed E-state index contributed by atoms with van der Waals surface area (Å²) in [6, 6.07) is 17.9. The molecule has 2 heterocycles. The third kappa shape index (κ3) is 4.18. The minimum atomic E-state index is -0.173. The van der Waals surface area contributed by atoms with Crippen LogP contribution in [0.15, 0.2) is 60.8 Å². The van der Waals surface area contributed by atoms with E-state index in [0.29, 0.717) is 23.5 Å². The molecule has 1 aliphatic heterocycles. The van der Waals surface area contributed by atoms with Gasteiger partial charge in [0.25, 0.3) is 0 Å². The van der Waals surface area contributed by atoms with Crippen LogP contribution in [-0.2, 0) is 11.3 Å². The predicted molar refractivity (Wildman–Crippen MR) is 126 cm³/mol. The zero-order valence-corrected chi connectivity index (χ0v) is 18.9. The molecule has 3 atom stereocenters. The van der Waals surface area contributed by atoms with E-state index in [2.05, 4.69) is 10.9 Å². The Morgan fingerprint density at radius 3 is 2.62 bits per heavy atom. The number of hydrogen-bond donors (Lipinski definition) is 2. The molecule has 32 heavy (non-hydrogen) atoms. The van der Waals surface area contributed by atoms with Gasteiger partial charge in [-0.1, -0.05) is 54.8 Å². The number of nitrogens with zero attached hydrogens (tertiary/aromatic N) is 3. The van der Waals surface area contributed by atoms with Gasteiger partial charge in [0, 0.05) is 47.9 Å². The van der Waals surface area contributed by atoms with Gasteiger partial charge in [0.05, 0.1) is 11.4 Å². The summed E-state index contributed by atoms with van der Waals surface area (Å²) < 4.78 is 1.88. The van der Waals surface area contributed by atoms with Crippen molar-refractivity contribution in [1.29, 1.82) is 0 Å². The van der Waals surface area contributed by atoms with Crippen LogP contribution in [0.4, 0.5) is 0 Å². The molecular formula is C25H28ClN5O. The fourth-order valence-electron chi connectivity index (χ4n) is 4.95. The summed E-state index contributed by atoms with van der Waals surface area (Å²) in [5.41, 5.74) is 10.4. The van der Waals surface area contributed by atoms with E-state index in [1.165, 1.54) is 12.8 Å². The molecule has 1 amide bonds. The number of aromatic nitrogens is 2. The van der Waals surface area contributed by atoms with E-state index in [9.17, 15) is 4.79 Å². The molecule has 1 aromatic heterocycles. The van der Waals surface area contributed by atoms with Gasteiger partial charge in [0.15, 0.2) is 0 Å². The van der Waals surface area contributed by atoms with E-state index in [0.717, 1.165) is 35.3 Å². The van der Waals surface area contributed by atoms with Gasteiger partial charge >= 0.3 is 0 Å². The monoisotopic (exact) mass is 449 g/mol. The van der Waals surface area contributed by atoms with Crippen molar-refractivity contribution in [3.05, 3.63) is 71.4 Å². The summed E-state index contributed by atoms with van der Waals surface area (Å²) in [5, 5.41) is 5.55. The molecule has 0 radical (unpaired) electrons. The minimum absolute atomic E-state index is 0.126. The van der Waals surface area contributed by atoms with Crippen LogP contribution in [0.2, 0.25) is 5.02 Å². The quantitative estimate of drug-likeness (QED) is 0.613. The first kappa shape index (κ1) is 21.2. The first-order valence-electron chi connectivity index (χ1n) is 11.3. The number of rotatable bonds is 5. The minimum Gasteiger partial charge on any atom is -0.340 e. The Balaban J connectivity index is 1.42. The molecular weight excluding hydrogens is 422 g/mol. The molecule has 5 rings (SSSR count). The van der Waals surface area contributed by atoms with E-state index < -0.39 is 0 Å². The van der Waals surface area contributed by atoms with Crippen molar-refractivity contribution < 1.29 is 4.79 Å². The number of halogens is 1. The van der Waals surface area contributed by atoms with Crippen LogP contribution in [0.5, 0.6) is 0 Å². The zero-order chi connectivity index (χ0) is 22.1. The fourth-order valence-corrected chi connectivity index (χ4v) is 5.07. The smallest absolute Gasteiger partial charge is 0.241 e. The number of fused-ring (bicyclic) bond motifs is 1. The highest BCUT2D eigenvalue weighted by molar-refractivity contribution is 6.30. The molecule has 0 bridgehead atoms. The lowest BCUT2D eigenvalue weighted by molar-refractivity contribution is -0.133. The van der Waals surface area contributed by atoms with Crippen LogP contribution in [0.1, 0.15) is 31.2 Å². The van der Waals surface area contributed by atoms with Crippen LogP contribution in [-0.4, -0.2) is 39.7 Å². The highest BCUT2D eigenvalue weighted by Crippen LogP contribution is 2.31. The Kier molecular flexibility index (Phi) is 6.00. The van der Waals surface area contributed by atoms with Crippen molar-refractivity contribution in [3.63, 3.8) is 0 Å². The maximum absolute atomic E-state index is 13.4. The van der Waals surface area contributed by atoms with Gasteiger partial charge in [0.1, 0.15) is 6.04 Å². The Morgan fingerprint density at radius 1 is 1.09 bits per heavy atom. The average molecular weight is 450 g/mol. The molecule has 1 saturated carbocycles. The molecule has 3 aromatic rings. The molecule has 6 nitrogen and oxygen atoms in total. The van der Waals surface area contributed by atoms with E-state index in [4.69, 9.17) is 16.7 Å². The Morgan fingerprint density at radius 2 is 1.84 bits per heavy atom. The number of carbonyl (C=O) groups is 1. The lowest BCUT2D eigenvalue weighted by atomic mass is 9.81. The molecule has 1 aliphatic carbocycles. The molecule has 1 saturated heterocycles. The van der Waals surface area contributed by atoms with Crippen molar-refractivity contribution in [1.82, 2.24) is 25.5 Å². The number of carbonyl (C=O) groups excluding carboxylic acids is 1. The van der Waals surface area contributed by atoms with Crippen LogP contribution >= 0.6 is 11.6 Å². The first-order valence-corrected chi connectivity index (χ1v) is 11.6. The van der Waals surface area contributed by atoms with Gasteiger partial charge in [0.2, 0.25) is 5.91 Å². The van der Waals surface area contributed by atoms with Crippen molar-refractivity contribution in [2.75, 3.05) is 7.05 Å². The van der Waals surface area contributed by atoms with Crippen LogP contribution in [0, 0.1) is 5.92 Å². The second kappa shape index (κ2) is 9.06. The topological polar surface area (TPSA) is 62.2 Å². The molecule has 2 aliphatic rings. The maximum atomic E-state index is 13.4. The Bertz CT molecular complexity index is 1080. The van der Waals surface area contributed by atoms with E-state index in [1.807, 2.05) is 77.4 Å². The highest BCUT2D eigenvalue weighted by Gasteiger charge is 2.42. The third-order valence-corrected chi connectivity index (χ3v) is 6.90. The van der Waals surface area contributed by atoms with Crippen LogP contribution in [0.3, 0.4) is 0 Å². The molecule has 2 aromatic carbocycles. The average Bonchev–Trinajstić information content (AvgIpc) is 3.44. The van der Waals surface area contributed by atoms with Gasteiger partial charge in [-0.05, 0) is 37.1 Å². The molecule has 0 spiro atoms. The summed E-state index contributed by atoms with van der Waals surface area (Å²) in [7, 11) is 1.88. The van der Waals surface area contributed by atoms with Gasteiger partial charge < -0.3 is 4.90 Å². The standard InChI is InChI=1S/C25H28ClN5O/c1-30(25(32)24-21-9-5-6-10-22(21)27-28-24)15-18-16-31(20-7-3-2-4-8-20)29-23(18)17-11-13-19(26)14-12-17/h2-4,7-8,11-14,16,21-22,24,27-28H,5-6,9-10,15H2,1H3. The summed E-state index contributed by atoms with van der Waals surface area (Å²) >= 11 is 6.10. The number of amides is 1. The van der Waals surface area contributed by atoms with Gasteiger partial charge in [-0.2, -0.15) is 5.10 Å². The molecule has 2 N–H and O–H groups in total. The lowest BCUT2D eigenvalue weighted by Crippen LogP contribution is -2.46. The van der Waals surface area contributed by atoms with E-state index >= 15 is 0 Å². The van der Waals surface area contributed by atoms with Gasteiger partial charge in [-0.15, -0.1) is 0 Å². The number of nitrogens with one attached hydrogen (secondary N) is 2. The number of hydrogen-bond acceptors (Lipinski definition) is 4. The van der Waals surface area contributed by atoms with E-state index in [1.54, 1.807) is 0 Å². The lowest BCUT2D eigenvalue weighted by Gasteiger charge is -2.29. The fraction of sp³-hybridized carbons (Fsp3) is 0.360. The second-order valence-electron chi connectivity index (χ2n) is 8.81. The van der Waals surface area contributed by atoms with Crippen molar-refractivity contribution in [2.24, 2.45) is 5.92 Å². The van der Waals surface area contributed by atoms with Crippen molar-refractivity contribution >= 4 is 17.5 Å².